The summed E-state index contributed by atoms with van der Waals surface area (Å²) < 4.78 is 13.3. The van der Waals surface area contributed by atoms with Gasteiger partial charge in [-0.05, 0) is 43.3 Å². The van der Waals surface area contributed by atoms with E-state index < -0.39 is 5.76 Å². The summed E-state index contributed by atoms with van der Waals surface area (Å²) in [5.74, 6) is -0.714. The second-order valence-electron chi connectivity index (χ2n) is 4.88. The maximum atomic E-state index is 11.3. The molecule has 0 unspecified atom stereocenters. The van der Waals surface area contributed by atoms with Gasteiger partial charge in [-0.15, -0.1) is 0 Å². The number of benzene rings is 2. The van der Waals surface area contributed by atoms with Crippen molar-refractivity contribution in [3.05, 3.63) is 66.4 Å². The Bertz CT molecular complexity index is 1120. The first-order valence-electron chi connectivity index (χ1n) is 7.05. The van der Waals surface area contributed by atoms with Crippen LogP contribution in [-0.2, 0) is 6.54 Å². The van der Waals surface area contributed by atoms with Gasteiger partial charge in [-0.2, -0.15) is 0 Å². The quantitative estimate of drug-likeness (QED) is 0.465. The van der Waals surface area contributed by atoms with Crippen LogP contribution in [0.2, 0.25) is 0 Å². The lowest BCUT2D eigenvalue weighted by atomic mass is 10.3. The molecule has 0 bridgehead atoms. The fourth-order valence-electron chi connectivity index (χ4n) is 2.26. The lowest BCUT2D eigenvalue weighted by molar-refractivity contribution is 0.513. The average molecular weight is 456 g/mol. The van der Waals surface area contributed by atoms with E-state index in [-0.39, 0.29) is 5.76 Å². The third kappa shape index (κ3) is 3.39. The Morgan fingerprint density at radius 1 is 1.00 bits per heavy atom. The Balaban J connectivity index is 0.000000143. The van der Waals surface area contributed by atoms with Crippen LogP contribution in [-0.4, -0.2) is 9.55 Å². The monoisotopic (exact) mass is 454 g/mol. The lowest BCUT2D eigenvalue weighted by Crippen LogP contribution is -2.11. The number of hydrogen-bond acceptors (Lipinski definition) is 4. The molecular formula is C16H12Br2N2O4. The van der Waals surface area contributed by atoms with E-state index in [1.807, 2.05) is 25.1 Å². The van der Waals surface area contributed by atoms with E-state index in [2.05, 4.69) is 36.8 Å². The first kappa shape index (κ1) is 16.8. The molecular weight excluding hydrogens is 444 g/mol. The van der Waals surface area contributed by atoms with E-state index in [1.165, 1.54) is 0 Å². The molecule has 8 heteroatoms. The molecule has 4 rings (SSSR count). The summed E-state index contributed by atoms with van der Waals surface area (Å²) in [4.78, 5) is 24.5. The Morgan fingerprint density at radius 2 is 1.67 bits per heavy atom. The molecule has 0 atom stereocenters. The Kier molecular flexibility index (Phi) is 4.77. The van der Waals surface area contributed by atoms with Crippen molar-refractivity contribution in [2.75, 3.05) is 0 Å². The molecule has 0 saturated carbocycles. The zero-order valence-electron chi connectivity index (χ0n) is 12.5. The number of rotatable bonds is 1. The van der Waals surface area contributed by atoms with Crippen molar-refractivity contribution in [3.63, 3.8) is 0 Å². The number of oxazole rings is 2. The van der Waals surface area contributed by atoms with Gasteiger partial charge in [0.05, 0.1) is 11.0 Å². The maximum absolute atomic E-state index is 11.3. The predicted molar refractivity (Wildman–Crippen MR) is 98.4 cm³/mol. The van der Waals surface area contributed by atoms with Gasteiger partial charge in [-0.3, -0.25) is 9.55 Å². The minimum absolute atomic E-state index is 0.296. The third-order valence-corrected chi connectivity index (χ3v) is 4.31. The molecule has 1 N–H and O–H groups in total. The van der Waals surface area contributed by atoms with E-state index in [4.69, 9.17) is 8.83 Å². The molecule has 0 radical (unpaired) electrons. The minimum Gasteiger partial charge on any atom is -0.408 e. The van der Waals surface area contributed by atoms with Gasteiger partial charge in [-0.1, -0.05) is 31.9 Å². The highest BCUT2D eigenvalue weighted by atomic mass is 79.9. The molecule has 0 aliphatic heterocycles. The summed E-state index contributed by atoms with van der Waals surface area (Å²) >= 11 is 6.63. The van der Waals surface area contributed by atoms with Gasteiger partial charge in [0, 0.05) is 15.5 Å². The van der Waals surface area contributed by atoms with Gasteiger partial charge >= 0.3 is 11.5 Å². The lowest BCUT2D eigenvalue weighted by Gasteiger charge is -1.95. The van der Waals surface area contributed by atoms with E-state index in [0.29, 0.717) is 23.2 Å². The van der Waals surface area contributed by atoms with E-state index in [1.54, 1.807) is 22.8 Å². The summed E-state index contributed by atoms with van der Waals surface area (Å²) in [6.45, 7) is 2.54. The van der Waals surface area contributed by atoms with Gasteiger partial charge in [-0.25, -0.2) is 9.59 Å². The van der Waals surface area contributed by atoms with Crippen LogP contribution in [0, 0.1) is 0 Å². The number of aryl methyl sites for hydroxylation is 1. The van der Waals surface area contributed by atoms with Crippen LogP contribution in [0.25, 0.3) is 22.2 Å². The van der Waals surface area contributed by atoms with Crippen molar-refractivity contribution < 1.29 is 8.83 Å². The summed E-state index contributed by atoms with van der Waals surface area (Å²) in [6.07, 6.45) is 0. The van der Waals surface area contributed by atoms with E-state index in [9.17, 15) is 9.59 Å². The average Bonchev–Trinajstić information content (AvgIpc) is 3.05. The summed E-state index contributed by atoms with van der Waals surface area (Å²) in [5, 5.41) is 0. The van der Waals surface area contributed by atoms with E-state index in [0.717, 1.165) is 14.5 Å². The fraction of sp³-hybridized carbons (Fsp3) is 0.125. The second kappa shape index (κ2) is 6.82. The number of hydrogen-bond donors (Lipinski definition) is 1. The predicted octanol–water partition coefficient (Wildman–Crippen LogP) is 4.26. The maximum Gasteiger partial charge on any atom is 0.419 e. The standard InChI is InChI=1S/C9H8BrNO2.C7H4BrNO2/c1-2-11-7-5-6(10)3-4-8(7)13-9(11)12;8-4-1-2-6-5(3-4)9-7(10)11-6/h3-5H,2H2,1H3;1-3H,(H,9,10). The van der Waals surface area contributed by atoms with Crippen molar-refractivity contribution in [2.24, 2.45) is 0 Å². The molecule has 0 saturated heterocycles. The Labute approximate surface area is 152 Å². The van der Waals surface area contributed by atoms with Crippen LogP contribution in [0.1, 0.15) is 6.92 Å². The number of aromatic nitrogens is 2. The molecule has 0 spiro atoms. The number of aromatic amines is 1. The number of halogens is 2. The van der Waals surface area contributed by atoms with Crippen LogP contribution < -0.4 is 11.5 Å². The van der Waals surface area contributed by atoms with Gasteiger partial charge in [0.2, 0.25) is 0 Å². The summed E-state index contributed by atoms with van der Waals surface area (Å²) in [6, 6.07) is 10.9. The molecule has 2 aromatic carbocycles. The summed E-state index contributed by atoms with van der Waals surface area (Å²) in [5.41, 5.74) is 2.76. The first-order chi connectivity index (χ1) is 11.5. The Morgan fingerprint density at radius 3 is 2.38 bits per heavy atom. The number of nitrogens with one attached hydrogen (secondary N) is 1. The molecule has 2 aromatic heterocycles. The molecule has 0 aliphatic carbocycles. The molecule has 4 aromatic rings. The molecule has 0 amide bonds. The van der Waals surface area contributed by atoms with Crippen molar-refractivity contribution >= 4 is 54.1 Å². The molecule has 2 heterocycles. The van der Waals surface area contributed by atoms with Gasteiger partial charge < -0.3 is 8.83 Å². The zero-order chi connectivity index (χ0) is 17.3. The molecule has 124 valence electrons. The smallest absolute Gasteiger partial charge is 0.408 e. The van der Waals surface area contributed by atoms with Crippen LogP contribution >= 0.6 is 31.9 Å². The van der Waals surface area contributed by atoms with Crippen molar-refractivity contribution in [3.8, 4) is 0 Å². The SMILES string of the molecule is CCn1c(=O)oc2ccc(Br)cc21.O=c1[nH]c2cc(Br)ccc2o1. The first-order valence-corrected chi connectivity index (χ1v) is 8.64. The van der Waals surface area contributed by atoms with Crippen molar-refractivity contribution in [2.45, 2.75) is 13.5 Å². The third-order valence-electron chi connectivity index (χ3n) is 3.33. The number of H-pyrrole nitrogens is 1. The highest BCUT2D eigenvalue weighted by molar-refractivity contribution is 9.10. The number of nitrogens with zero attached hydrogens (tertiary/aromatic N) is 1. The second-order valence-corrected chi connectivity index (χ2v) is 6.71. The fourth-order valence-corrected chi connectivity index (χ4v) is 2.97. The normalized spacial score (nSPS) is 10.8. The Hall–Kier alpha value is -2.06. The largest absolute Gasteiger partial charge is 0.419 e. The molecule has 6 nitrogen and oxygen atoms in total. The van der Waals surface area contributed by atoms with Crippen LogP contribution in [0.4, 0.5) is 0 Å². The molecule has 0 aliphatic rings. The molecule has 24 heavy (non-hydrogen) atoms. The van der Waals surface area contributed by atoms with Crippen molar-refractivity contribution in [1.82, 2.24) is 9.55 Å². The van der Waals surface area contributed by atoms with Gasteiger partial charge in [0.1, 0.15) is 0 Å². The van der Waals surface area contributed by atoms with Gasteiger partial charge in [0.15, 0.2) is 11.2 Å². The topological polar surface area (TPSA) is 81.1 Å². The minimum atomic E-state index is -0.418. The van der Waals surface area contributed by atoms with Crippen LogP contribution in [0.15, 0.2) is 63.8 Å². The highest BCUT2D eigenvalue weighted by Crippen LogP contribution is 2.18. The van der Waals surface area contributed by atoms with Crippen LogP contribution in [0.5, 0.6) is 0 Å². The summed E-state index contributed by atoms with van der Waals surface area (Å²) in [7, 11) is 0. The van der Waals surface area contributed by atoms with Crippen LogP contribution in [0.3, 0.4) is 0 Å². The zero-order valence-corrected chi connectivity index (χ0v) is 15.7. The molecule has 0 fully saturated rings. The van der Waals surface area contributed by atoms with Gasteiger partial charge in [0.25, 0.3) is 0 Å². The number of fused-ring (bicyclic) bond motifs is 2. The van der Waals surface area contributed by atoms with E-state index >= 15 is 0 Å². The highest BCUT2D eigenvalue weighted by Gasteiger charge is 2.06. The van der Waals surface area contributed by atoms with Crippen molar-refractivity contribution in [1.29, 1.82) is 0 Å².